The molecule has 1 aliphatic heterocycles. The molecule has 1 aliphatic rings. The number of benzene rings is 2. The first kappa shape index (κ1) is 13.9. The van der Waals surface area contributed by atoms with Gasteiger partial charge in [-0.1, -0.05) is 12.1 Å². The van der Waals surface area contributed by atoms with E-state index in [9.17, 15) is 14.7 Å². The fourth-order valence-electron chi connectivity index (χ4n) is 2.25. The Kier molecular flexibility index (Phi) is 3.18. The first-order valence-electron chi connectivity index (χ1n) is 6.57. The van der Waals surface area contributed by atoms with Gasteiger partial charge in [0.25, 0.3) is 0 Å². The molecule has 5 heteroatoms. The fraction of sp³-hybridized carbons (Fsp3) is 0.0588. The minimum Gasteiger partial charge on any atom is -0.508 e. The monoisotopic (exact) mass is 296 g/mol. The lowest BCUT2D eigenvalue weighted by Crippen LogP contribution is -1.98. The molecule has 0 atom stereocenters. The van der Waals surface area contributed by atoms with Crippen molar-refractivity contribution in [1.29, 1.82) is 0 Å². The zero-order valence-corrected chi connectivity index (χ0v) is 11.7. The van der Waals surface area contributed by atoms with Crippen LogP contribution >= 0.6 is 0 Å². The first-order chi connectivity index (χ1) is 10.5. The standard InChI is InChI=1S/C17H12O5/c1-9-13(18)7-6-12-15(19)14(22-16(9)12)8-10-2-4-11(5-3-10)17(20)21/h2-8,18H,1H3,(H,20,21)/b14-8-. The lowest BCUT2D eigenvalue weighted by molar-refractivity contribution is 0.0696. The first-order valence-corrected chi connectivity index (χ1v) is 6.57. The molecule has 0 fully saturated rings. The average Bonchev–Trinajstić information content (AvgIpc) is 2.81. The van der Waals surface area contributed by atoms with Crippen molar-refractivity contribution in [3.8, 4) is 11.5 Å². The van der Waals surface area contributed by atoms with Crippen molar-refractivity contribution in [2.75, 3.05) is 0 Å². The Balaban J connectivity index is 1.95. The Labute approximate surface area is 126 Å². The van der Waals surface area contributed by atoms with Gasteiger partial charge in [-0.2, -0.15) is 0 Å². The molecule has 22 heavy (non-hydrogen) atoms. The van der Waals surface area contributed by atoms with E-state index in [1.165, 1.54) is 24.3 Å². The number of Topliss-reactive ketones (excluding diaryl/α,β-unsaturated/α-hetero) is 1. The van der Waals surface area contributed by atoms with E-state index in [1.807, 2.05) is 0 Å². The van der Waals surface area contributed by atoms with Gasteiger partial charge in [0.15, 0.2) is 5.76 Å². The maximum atomic E-state index is 12.3. The molecule has 0 bridgehead atoms. The summed E-state index contributed by atoms with van der Waals surface area (Å²) in [4.78, 5) is 23.1. The molecule has 0 spiro atoms. The highest BCUT2D eigenvalue weighted by atomic mass is 16.5. The van der Waals surface area contributed by atoms with Crippen molar-refractivity contribution < 1.29 is 24.5 Å². The van der Waals surface area contributed by atoms with Crippen LogP contribution in [-0.2, 0) is 0 Å². The normalized spacial score (nSPS) is 14.8. The molecule has 0 unspecified atom stereocenters. The van der Waals surface area contributed by atoms with Gasteiger partial charge in [0.2, 0.25) is 5.78 Å². The van der Waals surface area contributed by atoms with Crippen LogP contribution in [0.1, 0.15) is 31.8 Å². The summed E-state index contributed by atoms with van der Waals surface area (Å²) in [6.45, 7) is 1.67. The minimum absolute atomic E-state index is 0.0682. The molecule has 0 radical (unpaired) electrons. The van der Waals surface area contributed by atoms with E-state index in [4.69, 9.17) is 9.84 Å². The largest absolute Gasteiger partial charge is 0.508 e. The number of ketones is 1. The summed E-state index contributed by atoms with van der Waals surface area (Å²) < 4.78 is 5.55. The van der Waals surface area contributed by atoms with Crippen molar-refractivity contribution in [2.24, 2.45) is 0 Å². The molecule has 2 N–H and O–H groups in total. The van der Waals surface area contributed by atoms with Crippen molar-refractivity contribution in [3.63, 3.8) is 0 Å². The minimum atomic E-state index is -1.01. The van der Waals surface area contributed by atoms with E-state index in [1.54, 1.807) is 25.1 Å². The van der Waals surface area contributed by atoms with Gasteiger partial charge >= 0.3 is 5.97 Å². The molecule has 0 aromatic heterocycles. The highest BCUT2D eigenvalue weighted by Gasteiger charge is 2.29. The lowest BCUT2D eigenvalue weighted by Gasteiger charge is -2.04. The Morgan fingerprint density at radius 2 is 1.82 bits per heavy atom. The van der Waals surface area contributed by atoms with E-state index in [-0.39, 0.29) is 22.9 Å². The quantitative estimate of drug-likeness (QED) is 0.832. The van der Waals surface area contributed by atoms with Crippen LogP contribution in [-0.4, -0.2) is 22.0 Å². The van der Waals surface area contributed by atoms with Crippen molar-refractivity contribution in [1.82, 2.24) is 0 Å². The van der Waals surface area contributed by atoms with Crippen LogP contribution in [0.3, 0.4) is 0 Å². The van der Waals surface area contributed by atoms with E-state index in [2.05, 4.69) is 0 Å². The van der Waals surface area contributed by atoms with Crippen LogP contribution in [0.25, 0.3) is 6.08 Å². The summed E-state index contributed by atoms with van der Waals surface area (Å²) in [5, 5.41) is 18.5. The second-order valence-corrected chi connectivity index (χ2v) is 4.95. The van der Waals surface area contributed by atoms with Crippen LogP contribution in [0.4, 0.5) is 0 Å². The number of rotatable bonds is 2. The summed E-state index contributed by atoms with van der Waals surface area (Å²) in [5.74, 6) is -0.699. The number of carbonyl (C=O) groups excluding carboxylic acids is 1. The molecule has 0 saturated heterocycles. The number of phenols is 1. The number of ether oxygens (including phenoxy) is 1. The van der Waals surface area contributed by atoms with Crippen LogP contribution in [0.15, 0.2) is 42.2 Å². The third-order valence-electron chi connectivity index (χ3n) is 3.51. The molecule has 3 rings (SSSR count). The number of hydrogen-bond acceptors (Lipinski definition) is 4. The summed E-state index contributed by atoms with van der Waals surface area (Å²) in [6, 6.07) is 9.09. The predicted molar refractivity (Wildman–Crippen MR) is 79.2 cm³/mol. The zero-order chi connectivity index (χ0) is 15.9. The van der Waals surface area contributed by atoms with Gasteiger partial charge in [-0.3, -0.25) is 4.79 Å². The Bertz CT molecular complexity index is 816. The van der Waals surface area contributed by atoms with Gasteiger partial charge in [-0.15, -0.1) is 0 Å². The summed E-state index contributed by atoms with van der Waals surface area (Å²) in [6.07, 6.45) is 1.55. The van der Waals surface area contributed by atoms with Gasteiger partial charge in [-0.25, -0.2) is 4.79 Å². The predicted octanol–water partition coefficient (Wildman–Crippen LogP) is 3.02. The molecule has 1 heterocycles. The molecular formula is C17H12O5. The maximum absolute atomic E-state index is 12.3. The fourth-order valence-corrected chi connectivity index (χ4v) is 2.25. The van der Waals surface area contributed by atoms with Gasteiger partial charge in [0, 0.05) is 5.56 Å². The number of hydrogen-bond donors (Lipinski definition) is 2. The average molecular weight is 296 g/mol. The molecule has 110 valence electrons. The summed E-state index contributed by atoms with van der Waals surface area (Å²) in [7, 11) is 0. The molecule has 5 nitrogen and oxygen atoms in total. The number of aromatic hydroxyl groups is 1. The van der Waals surface area contributed by atoms with Crippen molar-refractivity contribution in [2.45, 2.75) is 6.92 Å². The van der Waals surface area contributed by atoms with E-state index in [0.29, 0.717) is 22.4 Å². The second kappa shape index (κ2) is 5.04. The van der Waals surface area contributed by atoms with Gasteiger partial charge in [0.05, 0.1) is 11.1 Å². The highest BCUT2D eigenvalue weighted by molar-refractivity contribution is 6.15. The summed E-state index contributed by atoms with van der Waals surface area (Å²) in [5.41, 5.74) is 1.74. The number of carboxylic acid groups (broad SMARTS) is 1. The van der Waals surface area contributed by atoms with Gasteiger partial charge < -0.3 is 14.9 Å². The molecule has 2 aromatic rings. The molecule has 2 aromatic carbocycles. The third kappa shape index (κ3) is 2.22. The zero-order valence-electron chi connectivity index (χ0n) is 11.7. The number of aromatic carboxylic acids is 1. The Morgan fingerprint density at radius 3 is 2.45 bits per heavy atom. The Hall–Kier alpha value is -3.08. The number of carbonyl (C=O) groups is 2. The highest BCUT2D eigenvalue weighted by Crippen LogP contribution is 2.38. The van der Waals surface area contributed by atoms with Crippen LogP contribution in [0.2, 0.25) is 0 Å². The van der Waals surface area contributed by atoms with E-state index < -0.39 is 5.97 Å². The summed E-state index contributed by atoms with van der Waals surface area (Å²) >= 11 is 0. The smallest absolute Gasteiger partial charge is 0.335 e. The molecule has 0 amide bonds. The maximum Gasteiger partial charge on any atom is 0.335 e. The Morgan fingerprint density at radius 1 is 1.14 bits per heavy atom. The van der Waals surface area contributed by atoms with Crippen LogP contribution in [0, 0.1) is 6.92 Å². The molecular weight excluding hydrogens is 284 g/mol. The van der Waals surface area contributed by atoms with Crippen molar-refractivity contribution in [3.05, 3.63) is 64.4 Å². The van der Waals surface area contributed by atoms with Crippen LogP contribution in [0.5, 0.6) is 11.5 Å². The molecule has 0 aliphatic carbocycles. The van der Waals surface area contributed by atoms with E-state index >= 15 is 0 Å². The van der Waals surface area contributed by atoms with Gasteiger partial charge in [0.1, 0.15) is 11.5 Å². The van der Waals surface area contributed by atoms with Crippen LogP contribution < -0.4 is 4.74 Å². The number of phenolic OH excluding ortho intramolecular Hbond substituents is 1. The second-order valence-electron chi connectivity index (χ2n) is 4.95. The number of fused-ring (bicyclic) bond motifs is 1. The number of allylic oxidation sites excluding steroid dienone is 1. The van der Waals surface area contributed by atoms with Crippen molar-refractivity contribution >= 4 is 17.8 Å². The number of carboxylic acids is 1. The molecule has 0 saturated carbocycles. The third-order valence-corrected chi connectivity index (χ3v) is 3.51. The van der Waals surface area contributed by atoms with Gasteiger partial charge in [-0.05, 0) is 42.8 Å². The lowest BCUT2D eigenvalue weighted by atomic mass is 10.1. The topological polar surface area (TPSA) is 83.8 Å². The SMILES string of the molecule is Cc1c(O)ccc2c1O/C(=C\c1ccc(C(=O)O)cc1)C2=O. The van der Waals surface area contributed by atoms with E-state index in [0.717, 1.165) is 0 Å².